The van der Waals surface area contributed by atoms with E-state index in [1.165, 1.54) is 11.1 Å². The van der Waals surface area contributed by atoms with E-state index < -0.39 is 0 Å². The Morgan fingerprint density at radius 3 is 2.60 bits per heavy atom. The smallest absolute Gasteiger partial charge is 0.0409 e. The van der Waals surface area contributed by atoms with Crippen molar-refractivity contribution in [2.24, 2.45) is 0 Å². The Hall–Kier alpha value is -0.490. The molecule has 1 radical (unpaired) electrons. The molecular formula is C9H10Cl. The summed E-state index contributed by atoms with van der Waals surface area (Å²) >= 11 is 5.78. The zero-order valence-electron chi connectivity index (χ0n) is 6.19. The third kappa shape index (κ3) is 1.51. The SMILES string of the molecule is C[CH]c1cc(Cl)ccc1C. The van der Waals surface area contributed by atoms with Crippen molar-refractivity contribution in [2.75, 3.05) is 0 Å². The first-order valence-electron chi connectivity index (χ1n) is 3.29. The van der Waals surface area contributed by atoms with Crippen LogP contribution in [0.2, 0.25) is 5.02 Å². The summed E-state index contributed by atoms with van der Waals surface area (Å²) in [5.41, 5.74) is 2.49. The molecule has 0 nitrogen and oxygen atoms in total. The van der Waals surface area contributed by atoms with E-state index in [9.17, 15) is 0 Å². The van der Waals surface area contributed by atoms with Crippen LogP contribution in [-0.4, -0.2) is 0 Å². The highest BCUT2D eigenvalue weighted by molar-refractivity contribution is 6.30. The van der Waals surface area contributed by atoms with Gasteiger partial charge in [-0.2, -0.15) is 0 Å². The molecule has 0 saturated carbocycles. The summed E-state index contributed by atoms with van der Waals surface area (Å²) in [6.45, 7) is 4.09. The van der Waals surface area contributed by atoms with Gasteiger partial charge in [0.05, 0.1) is 0 Å². The van der Waals surface area contributed by atoms with E-state index in [2.05, 4.69) is 13.3 Å². The van der Waals surface area contributed by atoms with Crippen LogP contribution in [0.15, 0.2) is 18.2 Å². The lowest BCUT2D eigenvalue weighted by Gasteiger charge is -2.00. The fourth-order valence-electron chi connectivity index (χ4n) is 0.922. The summed E-state index contributed by atoms with van der Waals surface area (Å²) in [5, 5.41) is 0.804. The lowest BCUT2D eigenvalue weighted by atomic mass is 10.1. The topological polar surface area (TPSA) is 0 Å². The first kappa shape index (κ1) is 7.62. The average Bonchev–Trinajstić information content (AvgIpc) is 1.94. The Morgan fingerprint density at radius 2 is 2.10 bits per heavy atom. The third-order valence-electron chi connectivity index (χ3n) is 1.55. The zero-order valence-corrected chi connectivity index (χ0v) is 6.94. The van der Waals surface area contributed by atoms with Gasteiger partial charge in [-0.15, -0.1) is 0 Å². The fourth-order valence-corrected chi connectivity index (χ4v) is 1.10. The molecule has 1 heteroatoms. The molecule has 1 rings (SSSR count). The first-order valence-corrected chi connectivity index (χ1v) is 3.67. The van der Waals surface area contributed by atoms with Crippen molar-refractivity contribution in [3.63, 3.8) is 0 Å². The van der Waals surface area contributed by atoms with E-state index in [-0.39, 0.29) is 0 Å². The molecule has 0 aromatic heterocycles. The molecule has 0 aliphatic heterocycles. The second-order valence-electron chi connectivity index (χ2n) is 2.29. The van der Waals surface area contributed by atoms with Gasteiger partial charge in [-0.1, -0.05) is 24.6 Å². The van der Waals surface area contributed by atoms with Crippen LogP contribution in [0.5, 0.6) is 0 Å². The molecule has 0 N–H and O–H groups in total. The highest BCUT2D eigenvalue weighted by Crippen LogP contribution is 2.16. The van der Waals surface area contributed by atoms with E-state index in [0.29, 0.717) is 0 Å². The van der Waals surface area contributed by atoms with Crippen molar-refractivity contribution >= 4 is 11.6 Å². The second-order valence-corrected chi connectivity index (χ2v) is 2.73. The number of aryl methyl sites for hydroxylation is 1. The lowest BCUT2D eigenvalue weighted by molar-refractivity contribution is 1.33. The van der Waals surface area contributed by atoms with Crippen LogP contribution in [-0.2, 0) is 0 Å². The molecule has 53 valence electrons. The molecule has 0 atom stereocenters. The number of rotatable bonds is 1. The molecule has 0 heterocycles. The molecule has 0 aliphatic rings. The van der Waals surface area contributed by atoms with Crippen LogP contribution in [0.3, 0.4) is 0 Å². The molecule has 0 aliphatic carbocycles. The highest BCUT2D eigenvalue weighted by Gasteiger charge is 1.94. The van der Waals surface area contributed by atoms with E-state index in [0.717, 1.165) is 5.02 Å². The van der Waals surface area contributed by atoms with Gasteiger partial charge < -0.3 is 0 Å². The molecule has 0 unspecified atom stereocenters. The quantitative estimate of drug-likeness (QED) is 0.581. The predicted molar refractivity (Wildman–Crippen MR) is 45.3 cm³/mol. The zero-order chi connectivity index (χ0) is 7.56. The summed E-state index contributed by atoms with van der Waals surface area (Å²) in [7, 11) is 0. The number of hydrogen-bond donors (Lipinski definition) is 0. The normalized spacial score (nSPS) is 9.90. The van der Waals surface area contributed by atoms with Crippen LogP contribution in [0, 0.1) is 13.3 Å². The molecule has 1 aromatic carbocycles. The van der Waals surface area contributed by atoms with E-state index in [1.807, 2.05) is 25.1 Å². The summed E-state index contributed by atoms with van der Waals surface area (Å²) < 4.78 is 0. The van der Waals surface area contributed by atoms with Crippen LogP contribution in [0.1, 0.15) is 18.1 Å². The highest BCUT2D eigenvalue weighted by atomic mass is 35.5. The van der Waals surface area contributed by atoms with Crippen molar-refractivity contribution in [3.05, 3.63) is 40.8 Å². The Bertz CT molecular complexity index is 228. The maximum atomic E-state index is 5.78. The van der Waals surface area contributed by atoms with Gasteiger partial charge >= 0.3 is 0 Å². The molecule has 10 heavy (non-hydrogen) atoms. The maximum Gasteiger partial charge on any atom is 0.0409 e. The number of hydrogen-bond acceptors (Lipinski definition) is 0. The number of halogens is 1. The van der Waals surface area contributed by atoms with Gasteiger partial charge in [0.25, 0.3) is 0 Å². The van der Waals surface area contributed by atoms with Gasteiger partial charge in [0.1, 0.15) is 0 Å². The minimum atomic E-state index is 0.804. The lowest BCUT2D eigenvalue weighted by Crippen LogP contribution is -1.82. The van der Waals surface area contributed by atoms with Gasteiger partial charge in [0.2, 0.25) is 0 Å². The molecular weight excluding hydrogens is 144 g/mol. The molecule has 0 amide bonds. The summed E-state index contributed by atoms with van der Waals surface area (Å²) in [4.78, 5) is 0. The van der Waals surface area contributed by atoms with Crippen LogP contribution in [0.25, 0.3) is 0 Å². The monoisotopic (exact) mass is 153 g/mol. The van der Waals surface area contributed by atoms with Crippen LogP contribution in [0.4, 0.5) is 0 Å². The minimum Gasteiger partial charge on any atom is -0.0843 e. The van der Waals surface area contributed by atoms with E-state index >= 15 is 0 Å². The number of benzene rings is 1. The van der Waals surface area contributed by atoms with Crippen molar-refractivity contribution < 1.29 is 0 Å². The summed E-state index contributed by atoms with van der Waals surface area (Å²) in [5.74, 6) is 0. The molecule has 0 bridgehead atoms. The second kappa shape index (κ2) is 3.07. The average molecular weight is 154 g/mol. The third-order valence-corrected chi connectivity index (χ3v) is 1.79. The van der Waals surface area contributed by atoms with Crippen molar-refractivity contribution in [2.45, 2.75) is 13.8 Å². The largest absolute Gasteiger partial charge is 0.0843 e. The van der Waals surface area contributed by atoms with Gasteiger partial charge in [-0.25, -0.2) is 0 Å². The minimum absolute atomic E-state index is 0.804. The Labute approximate surface area is 66.8 Å². The van der Waals surface area contributed by atoms with Crippen LogP contribution < -0.4 is 0 Å². The van der Waals surface area contributed by atoms with E-state index in [1.54, 1.807) is 0 Å². The Morgan fingerprint density at radius 1 is 1.40 bits per heavy atom. The van der Waals surface area contributed by atoms with Gasteiger partial charge in [-0.3, -0.25) is 0 Å². The van der Waals surface area contributed by atoms with Gasteiger partial charge in [-0.05, 0) is 36.6 Å². The maximum absolute atomic E-state index is 5.78. The molecule has 0 saturated heterocycles. The van der Waals surface area contributed by atoms with E-state index in [4.69, 9.17) is 11.6 Å². The van der Waals surface area contributed by atoms with Crippen LogP contribution >= 0.6 is 11.6 Å². The molecule has 0 fully saturated rings. The Kier molecular flexibility index (Phi) is 2.34. The van der Waals surface area contributed by atoms with Crippen molar-refractivity contribution in [1.29, 1.82) is 0 Å². The standard InChI is InChI=1S/C9H10Cl/c1-3-8-6-9(10)5-4-7(8)2/h3-6H,1-2H3. The van der Waals surface area contributed by atoms with Gasteiger partial charge in [0, 0.05) is 5.02 Å². The summed E-state index contributed by atoms with van der Waals surface area (Å²) in [6, 6.07) is 5.90. The van der Waals surface area contributed by atoms with Crippen molar-refractivity contribution in [3.8, 4) is 0 Å². The molecule has 1 aromatic rings. The van der Waals surface area contributed by atoms with Gasteiger partial charge in [0.15, 0.2) is 0 Å². The molecule has 0 spiro atoms. The predicted octanol–water partition coefficient (Wildman–Crippen LogP) is 3.22. The Balaban J connectivity index is 3.09. The summed E-state index contributed by atoms with van der Waals surface area (Å²) in [6.07, 6.45) is 2.06. The first-order chi connectivity index (χ1) is 4.74. The van der Waals surface area contributed by atoms with Crippen molar-refractivity contribution in [1.82, 2.24) is 0 Å². The fraction of sp³-hybridized carbons (Fsp3) is 0.222.